The summed E-state index contributed by atoms with van der Waals surface area (Å²) < 4.78 is 0. The highest BCUT2D eigenvalue weighted by Crippen LogP contribution is 2.08. The molecule has 1 rings (SSSR count). The molecule has 4 unspecified atom stereocenters. The Morgan fingerprint density at radius 3 is 2.10 bits per heavy atom. The first-order valence-electron chi connectivity index (χ1n) is 9.34. The van der Waals surface area contributed by atoms with Crippen LogP contribution in [-0.2, 0) is 20.8 Å². The van der Waals surface area contributed by atoms with Crippen molar-refractivity contribution in [1.82, 2.24) is 21.4 Å². The largest absolute Gasteiger partial charge is 0.465 e. The first kappa shape index (κ1) is 23.9. The van der Waals surface area contributed by atoms with Gasteiger partial charge in [0, 0.05) is 6.42 Å². The standard InChI is InChI=1S/C19H29N5O5/c1-4-11(2)15(18(27)24-20)23-16(25)12(3)21-17(26)14(22-19(28)29)10-13-8-6-5-7-9-13/h5-9,11-12,14-15,22H,4,10,20H2,1-3H3,(H,21,26)(H,23,25)(H,24,27)(H,28,29). The SMILES string of the molecule is CCC(C)C(NC(=O)C(C)NC(=O)C(Cc1ccccc1)NC(=O)O)C(=O)NN. The number of rotatable bonds is 10. The number of amides is 4. The van der Waals surface area contributed by atoms with E-state index in [2.05, 4.69) is 16.0 Å². The van der Waals surface area contributed by atoms with Gasteiger partial charge in [0.1, 0.15) is 18.1 Å². The lowest BCUT2D eigenvalue weighted by molar-refractivity contribution is -0.133. The van der Waals surface area contributed by atoms with Gasteiger partial charge < -0.3 is 21.1 Å². The first-order chi connectivity index (χ1) is 13.7. The van der Waals surface area contributed by atoms with E-state index in [1.54, 1.807) is 37.3 Å². The van der Waals surface area contributed by atoms with E-state index in [1.807, 2.05) is 12.3 Å². The Kier molecular flexibility index (Phi) is 9.60. The van der Waals surface area contributed by atoms with Crippen molar-refractivity contribution in [2.75, 3.05) is 0 Å². The molecule has 0 radical (unpaired) electrons. The maximum Gasteiger partial charge on any atom is 0.405 e. The summed E-state index contributed by atoms with van der Waals surface area (Å²) >= 11 is 0. The molecule has 0 aliphatic rings. The van der Waals surface area contributed by atoms with Crippen LogP contribution in [0.25, 0.3) is 0 Å². The molecule has 0 saturated carbocycles. The van der Waals surface area contributed by atoms with Crippen LogP contribution in [-0.4, -0.2) is 47.0 Å². The number of carboxylic acid groups (broad SMARTS) is 1. The van der Waals surface area contributed by atoms with Crippen molar-refractivity contribution >= 4 is 23.8 Å². The average Bonchev–Trinajstić information content (AvgIpc) is 2.70. The molecule has 10 heteroatoms. The van der Waals surface area contributed by atoms with Gasteiger partial charge in [-0.05, 0) is 18.4 Å². The van der Waals surface area contributed by atoms with E-state index < -0.39 is 41.9 Å². The van der Waals surface area contributed by atoms with E-state index in [9.17, 15) is 19.2 Å². The number of nitrogens with one attached hydrogen (secondary N) is 4. The Morgan fingerprint density at radius 1 is 0.966 bits per heavy atom. The molecule has 0 fully saturated rings. The smallest absolute Gasteiger partial charge is 0.405 e. The van der Waals surface area contributed by atoms with Gasteiger partial charge >= 0.3 is 6.09 Å². The fourth-order valence-corrected chi connectivity index (χ4v) is 2.66. The Balaban J connectivity index is 2.80. The van der Waals surface area contributed by atoms with E-state index in [4.69, 9.17) is 10.9 Å². The third kappa shape index (κ3) is 7.78. The van der Waals surface area contributed by atoms with E-state index in [0.29, 0.717) is 6.42 Å². The van der Waals surface area contributed by atoms with Gasteiger partial charge in [0.05, 0.1) is 0 Å². The summed E-state index contributed by atoms with van der Waals surface area (Å²) in [6.45, 7) is 5.10. The van der Waals surface area contributed by atoms with Crippen LogP contribution in [0.15, 0.2) is 30.3 Å². The predicted molar refractivity (Wildman–Crippen MR) is 106 cm³/mol. The molecular weight excluding hydrogens is 378 g/mol. The molecular formula is C19H29N5O5. The zero-order valence-corrected chi connectivity index (χ0v) is 16.8. The van der Waals surface area contributed by atoms with Crippen molar-refractivity contribution in [2.24, 2.45) is 11.8 Å². The van der Waals surface area contributed by atoms with E-state index in [-0.39, 0.29) is 12.3 Å². The minimum atomic E-state index is -1.35. The van der Waals surface area contributed by atoms with Crippen molar-refractivity contribution in [1.29, 1.82) is 0 Å². The molecule has 0 saturated heterocycles. The molecule has 0 bridgehead atoms. The number of carbonyl (C=O) groups excluding carboxylic acids is 3. The summed E-state index contributed by atoms with van der Waals surface area (Å²) in [6, 6.07) is 5.97. The fraction of sp³-hybridized carbons (Fsp3) is 0.474. The van der Waals surface area contributed by atoms with Crippen molar-refractivity contribution in [3.05, 3.63) is 35.9 Å². The zero-order chi connectivity index (χ0) is 22.0. The second-order valence-corrected chi connectivity index (χ2v) is 6.80. The van der Waals surface area contributed by atoms with Gasteiger partial charge in [-0.25, -0.2) is 10.6 Å². The summed E-state index contributed by atoms with van der Waals surface area (Å²) in [4.78, 5) is 48.0. The number of nitrogens with two attached hydrogens (primary N) is 1. The number of carbonyl (C=O) groups is 4. The molecule has 0 heterocycles. The lowest BCUT2D eigenvalue weighted by atomic mass is 9.98. The third-order valence-electron chi connectivity index (χ3n) is 4.58. The first-order valence-corrected chi connectivity index (χ1v) is 9.34. The molecule has 160 valence electrons. The van der Waals surface area contributed by atoms with Gasteiger partial charge in [-0.2, -0.15) is 0 Å². The fourth-order valence-electron chi connectivity index (χ4n) is 2.66. The Morgan fingerprint density at radius 2 is 1.59 bits per heavy atom. The topological polar surface area (TPSA) is 163 Å². The van der Waals surface area contributed by atoms with E-state index in [1.165, 1.54) is 6.92 Å². The van der Waals surface area contributed by atoms with Gasteiger partial charge in [0.2, 0.25) is 11.8 Å². The van der Waals surface area contributed by atoms with Crippen LogP contribution < -0.4 is 27.2 Å². The van der Waals surface area contributed by atoms with Crippen LogP contribution in [0.2, 0.25) is 0 Å². The van der Waals surface area contributed by atoms with Crippen LogP contribution in [0, 0.1) is 5.92 Å². The Bertz CT molecular complexity index is 712. The molecule has 29 heavy (non-hydrogen) atoms. The molecule has 0 aromatic heterocycles. The predicted octanol–water partition coefficient (Wildman–Crippen LogP) is -0.109. The van der Waals surface area contributed by atoms with Gasteiger partial charge in [0.15, 0.2) is 0 Å². The number of hydrogen-bond acceptors (Lipinski definition) is 5. The summed E-state index contributed by atoms with van der Waals surface area (Å²) in [7, 11) is 0. The average molecular weight is 407 g/mol. The second-order valence-electron chi connectivity index (χ2n) is 6.80. The van der Waals surface area contributed by atoms with Crippen LogP contribution in [0.4, 0.5) is 4.79 Å². The highest BCUT2D eigenvalue weighted by molar-refractivity contribution is 5.93. The minimum absolute atomic E-state index is 0.123. The molecule has 10 nitrogen and oxygen atoms in total. The molecule has 4 amide bonds. The number of hydrogen-bond donors (Lipinski definition) is 6. The van der Waals surface area contributed by atoms with Crippen LogP contribution >= 0.6 is 0 Å². The molecule has 1 aromatic carbocycles. The molecule has 0 spiro atoms. The van der Waals surface area contributed by atoms with Crippen LogP contribution in [0.1, 0.15) is 32.8 Å². The summed E-state index contributed by atoms with van der Waals surface area (Å²) in [5.41, 5.74) is 2.78. The van der Waals surface area contributed by atoms with Crippen molar-refractivity contribution < 1.29 is 24.3 Å². The number of hydrazine groups is 1. The van der Waals surface area contributed by atoms with Gasteiger partial charge in [0.25, 0.3) is 5.91 Å². The molecule has 4 atom stereocenters. The van der Waals surface area contributed by atoms with Crippen molar-refractivity contribution in [3.63, 3.8) is 0 Å². The Hall–Kier alpha value is -3.14. The van der Waals surface area contributed by atoms with Gasteiger partial charge in [-0.1, -0.05) is 50.6 Å². The quantitative estimate of drug-likeness (QED) is 0.180. The molecule has 0 aliphatic carbocycles. The zero-order valence-electron chi connectivity index (χ0n) is 16.8. The summed E-state index contributed by atoms with van der Waals surface area (Å²) in [6.07, 6.45) is -0.603. The second kappa shape index (κ2) is 11.6. The molecule has 7 N–H and O–H groups in total. The van der Waals surface area contributed by atoms with E-state index in [0.717, 1.165) is 5.56 Å². The maximum absolute atomic E-state index is 12.5. The van der Waals surface area contributed by atoms with Crippen LogP contribution in [0.5, 0.6) is 0 Å². The molecule has 1 aromatic rings. The number of benzene rings is 1. The third-order valence-corrected chi connectivity index (χ3v) is 4.58. The lowest BCUT2D eigenvalue weighted by Gasteiger charge is -2.25. The van der Waals surface area contributed by atoms with Crippen molar-refractivity contribution in [3.8, 4) is 0 Å². The minimum Gasteiger partial charge on any atom is -0.465 e. The maximum atomic E-state index is 12.5. The Labute approximate surface area is 169 Å². The highest BCUT2D eigenvalue weighted by Gasteiger charge is 2.29. The van der Waals surface area contributed by atoms with E-state index >= 15 is 0 Å². The monoisotopic (exact) mass is 407 g/mol. The molecule has 0 aliphatic heterocycles. The van der Waals surface area contributed by atoms with Crippen molar-refractivity contribution in [2.45, 2.75) is 51.7 Å². The highest BCUT2D eigenvalue weighted by atomic mass is 16.4. The summed E-state index contributed by atoms with van der Waals surface area (Å²) in [5, 5.41) is 16.2. The summed E-state index contributed by atoms with van der Waals surface area (Å²) in [5.74, 6) is 3.22. The lowest BCUT2D eigenvalue weighted by Crippen LogP contribution is -2.58. The normalized spacial score (nSPS) is 14.6. The van der Waals surface area contributed by atoms with Crippen LogP contribution in [0.3, 0.4) is 0 Å². The van der Waals surface area contributed by atoms with Gasteiger partial charge in [-0.15, -0.1) is 0 Å². The van der Waals surface area contributed by atoms with Gasteiger partial charge in [-0.3, -0.25) is 19.8 Å².